The van der Waals surface area contributed by atoms with Gasteiger partial charge in [-0.25, -0.2) is 0 Å². The van der Waals surface area contributed by atoms with E-state index < -0.39 is 0 Å². The molecule has 4 heteroatoms. The Kier molecular flexibility index (Phi) is 3.72. The van der Waals surface area contributed by atoms with Gasteiger partial charge in [-0.05, 0) is 25.1 Å². The van der Waals surface area contributed by atoms with Gasteiger partial charge in [0.1, 0.15) is 6.04 Å². The molecule has 1 aromatic heterocycles. The Hall–Kier alpha value is -1.74. The second kappa shape index (κ2) is 5.27. The van der Waals surface area contributed by atoms with Crippen LogP contribution >= 0.6 is 11.6 Å². The molecule has 1 unspecified atom stereocenters. The quantitative estimate of drug-likeness (QED) is 0.844. The molecule has 0 saturated heterocycles. The number of amides is 1. The topological polar surface area (TPSA) is 34.0 Å². The molecular weight excluding hydrogens is 248 g/mol. The number of benzene rings is 1. The Morgan fingerprint density at radius 1 is 1.56 bits per heavy atom. The van der Waals surface area contributed by atoms with Crippen molar-refractivity contribution in [1.82, 2.24) is 9.88 Å². The fourth-order valence-corrected chi connectivity index (χ4v) is 2.17. The van der Waals surface area contributed by atoms with Gasteiger partial charge in [0, 0.05) is 23.2 Å². The van der Waals surface area contributed by atoms with Crippen LogP contribution in [0.4, 0.5) is 0 Å². The highest BCUT2D eigenvalue weighted by Crippen LogP contribution is 2.26. The van der Waals surface area contributed by atoms with Crippen molar-refractivity contribution in [3.05, 3.63) is 48.1 Å². The van der Waals surface area contributed by atoms with E-state index in [9.17, 15) is 4.79 Å². The summed E-state index contributed by atoms with van der Waals surface area (Å²) in [6.45, 7) is 5.91. The van der Waals surface area contributed by atoms with Gasteiger partial charge in [0.15, 0.2) is 0 Å². The first-order chi connectivity index (χ1) is 8.65. The second-order valence-electron chi connectivity index (χ2n) is 4.11. The molecule has 0 spiro atoms. The highest BCUT2D eigenvalue weighted by molar-refractivity contribution is 6.35. The van der Waals surface area contributed by atoms with Gasteiger partial charge >= 0.3 is 0 Å². The second-order valence-corrected chi connectivity index (χ2v) is 4.51. The van der Waals surface area contributed by atoms with Crippen molar-refractivity contribution in [3.63, 3.8) is 0 Å². The third-order valence-electron chi connectivity index (χ3n) is 2.93. The Morgan fingerprint density at radius 2 is 2.33 bits per heavy atom. The minimum Gasteiger partial charge on any atom is -0.351 e. The first-order valence-corrected chi connectivity index (χ1v) is 6.16. The van der Waals surface area contributed by atoms with Gasteiger partial charge in [0.25, 0.3) is 0 Å². The van der Waals surface area contributed by atoms with E-state index in [1.165, 1.54) is 0 Å². The maximum Gasteiger partial charge on any atom is 0.243 e. The van der Waals surface area contributed by atoms with E-state index in [2.05, 4.69) is 11.9 Å². The van der Waals surface area contributed by atoms with Gasteiger partial charge in [-0.2, -0.15) is 0 Å². The van der Waals surface area contributed by atoms with Gasteiger partial charge in [-0.15, -0.1) is 6.58 Å². The lowest BCUT2D eigenvalue weighted by Crippen LogP contribution is -2.30. The summed E-state index contributed by atoms with van der Waals surface area (Å²) in [5.41, 5.74) is 0.962. The van der Waals surface area contributed by atoms with Crippen molar-refractivity contribution in [3.8, 4) is 0 Å². The first kappa shape index (κ1) is 12.7. The van der Waals surface area contributed by atoms with E-state index in [0.717, 1.165) is 10.9 Å². The summed E-state index contributed by atoms with van der Waals surface area (Å²) in [6, 6.07) is 7.33. The summed E-state index contributed by atoms with van der Waals surface area (Å²) in [7, 11) is 0. The summed E-state index contributed by atoms with van der Waals surface area (Å²) in [5, 5.41) is 4.45. The molecule has 0 aliphatic heterocycles. The van der Waals surface area contributed by atoms with Crippen molar-refractivity contribution in [2.75, 3.05) is 6.54 Å². The summed E-state index contributed by atoms with van der Waals surface area (Å²) in [4.78, 5) is 11.9. The first-order valence-electron chi connectivity index (χ1n) is 5.79. The van der Waals surface area contributed by atoms with E-state index in [0.29, 0.717) is 11.6 Å². The monoisotopic (exact) mass is 262 g/mol. The van der Waals surface area contributed by atoms with Gasteiger partial charge in [0.05, 0.1) is 5.52 Å². The molecule has 94 valence electrons. The minimum atomic E-state index is -0.277. The van der Waals surface area contributed by atoms with Crippen LogP contribution in [-0.4, -0.2) is 17.0 Å². The number of hydrogen-bond acceptors (Lipinski definition) is 1. The van der Waals surface area contributed by atoms with E-state index in [4.69, 9.17) is 11.6 Å². The number of hydrogen-bond donors (Lipinski definition) is 1. The summed E-state index contributed by atoms with van der Waals surface area (Å²) in [5.74, 6) is -0.0348. The molecule has 2 rings (SSSR count). The molecule has 0 radical (unpaired) electrons. The van der Waals surface area contributed by atoms with Gasteiger partial charge in [0.2, 0.25) is 5.91 Å². The van der Waals surface area contributed by atoms with Crippen molar-refractivity contribution >= 4 is 28.4 Å². The van der Waals surface area contributed by atoms with Crippen molar-refractivity contribution in [2.24, 2.45) is 0 Å². The van der Waals surface area contributed by atoms with Crippen LogP contribution in [0, 0.1) is 0 Å². The maximum atomic E-state index is 11.9. The SMILES string of the molecule is C=CCNC(=O)C(C)n1ccc2c(Cl)cccc21. The third-order valence-corrected chi connectivity index (χ3v) is 3.26. The Morgan fingerprint density at radius 3 is 3.06 bits per heavy atom. The average molecular weight is 263 g/mol. The molecule has 0 bridgehead atoms. The summed E-state index contributed by atoms with van der Waals surface area (Å²) >= 11 is 6.11. The predicted molar refractivity (Wildman–Crippen MR) is 74.9 cm³/mol. The van der Waals surface area contributed by atoms with E-state index in [1.54, 1.807) is 6.08 Å². The number of nitrogens with one attached hydrogen (secondary N) is 1. The lowest BCUT2D eigenvalue weighted by atomic mass is 10.2. The van der Waals surface area contributed by atoms with E-state index in [1.807, 2.05) is 42.0 Å². The summed E-state index contributed by atoms with van der Waals surface area (Å²) in [6.07, 6.45) is 3.55. The Balaban J connectivity index is 2.33. The van der Waals surface area contributed by atoms with Crippen molar-refractivity contribution in [1.29, 1.82) is 0 Å². The number of carbonyl (C=O) groups excluding carboxylic acids is 1. The standard InChI is InChI=1S/C14H15ClN2O/c1-3-8-16-14(18)10(2)17-9-7-11-12(15)5-4-6-13(11)17/h3-7,9-10H,1,8H2,2H3,(H,16,18). The molecule has 3 nitrogen and oxygen atoms in total. The van der Waals surface area contributed by atoms with Crippen LogP contribution in [-0.2, 0) is 4.79 Å². The molecule has 1 aromatic carbocycles. The summed E-state index contributed by atoms with van der Waals surface area (Å²) < 4.78 is 1.92. The fourth-order valence-electron chi connectivity index (χ4n) is 1.94. The van der Waals surface area contributed by atoms with E-state index >= 15 is 0 Å². The average Bonchev–Trinajstić information content (AvgIpc) is 2.80. The third kappa shape index (κ3) is 2.27. The molecule has 0 saturated carbocycles. The molecule has 1 atom stereocenters. The Bertz CT molecular complexity index is 588. The molecule has 1 amide bonds. The van der Waals surface area contributed by atoms with Crippen LogP contribution in [0.1, 0.15) is 13.0 Å². The predicted octanol–water partition coefficient (Wildman–Crippen LogP) is 3.16. The number of carbonyl (C=O) groups is 1. The zero-order chi connectivity index (χ0) is 13.1. The van der Waals surface area contributed by atoms with Crippen LogP contribution in [0.15, 0.2) is 43.1 Å². The largest absolute Gasteiger partial charge is 0.351 e. The highest BCUT2D eigenvalue weighted by Gasteiger charge is 2.16. The number of nitrogens with zero attached hydrogens (tertiary/aromatic N) is 1. The van der Waals surface area contributed by atoms with Crippen molar-refractivity contribution in [2.45, 2.75) is 13.0 Å². The molecule has 1 heterocycles. The van der Waals surface area contributed by atoms with Crippen LogP contribution < -0.4 is 5.32 Å². The minimum absolute atomic E-state index is 0.0348. The molecule has 0 fully saturated rings. The molecule has 18 heavy (non-hydrogen) atoms. The van der Waals surface area contributed by atoms with Gasteiger partial charge in [-0.1, -0.05) is 23.7 Å². The molecule has 1 N–H and O–H groups in total. The van der Waals surface area contributed by atoms with Gasteiger partial charge < -0.3 is 9.88 Å². The van der Waals surface area contributed by atoms with Crippen LogP contribution in [0.5, 0.6) is 0 Å². The lowest BCUT2D eigenvalue weighted by molar-refractivity contribution is -0.123. The lowest BCUT2D eigenvalue weighted by Gasteiger charge is -2.14. The highest BCUT2D eigenvalue weighted by atomic mass is 35.5. The maximum absolute atomic E-state index is 11.9. The number of rotatable bonds is 4. The van der Waals surface area contributed by atoms with E-state index in [-0.39, 0.29) is 11.9 Å². The number of aromatic nitrogens is 1. The zero-order valence-corrected chi connectivity index (χ0v) is 10.9. The number of fused-ring (bicyclic) bond motifs is 1. The van der Waals surface area contributed by atoms with Crippen molar-refractivity contribution < 1.29 is 4.79 Å². The van der Waals surface area contributed by atoms with Crippen LogP contribution in [0.3, 0.4) is 0 Å². The fraction of sp³-hybridized carbons (Fsp3) is 0.214. The molecule has 0 aliphatic rings. The Labute approximate surface area is 111 Å². The van der Waals surface area contributed by atoms with Gasteiger partial charge in [-0.3, -0.25) is 4.79 Å². The van der Waals surface area contributed by atoms with Crippen LogP contribution in [0.2, 0.25) is 5.02 Å². The normalized spacial score (nSPS) is 12.3. The van der Waals surface area contributed by atoms with Crippen LogP contribution in [0.25, 0.3) is 10.9 Å². The molecular formula is C14H15ClN2O. The molecule has 0 aliphatic carbocycles. The zero-order valence-electron chi connectivity index (χ0n) is 10.2. The molecule has 2 aromatic rings. The number of halogens is 1. The smallest absolute Gasteiger partial charge is 0.243 e.